The standard InChI is InChI=1S/C46H35N3O2/c47-49-46(48-44(30-12-2-1-3-13-30)33-21-20-28-10-4-5-14-31(28)26-33)38-17-9-19-40-43(38)42-34(16-8-18-39(42)50-40)32-23-24-36-37-25-22-29-11-6-7-15-35(29)45(37)51-41(36)27-32/h1-12,14-31,35H,13,47H2/b48-44?,49-46-. The number of nitrogens with two attached hydrogens (primary N) is 1. The molecule has 0 saturated carbocycles. The van der Waals surface area contributed by atoms with Crippen LogP contribution in [0.4, 0.5) is 0 Å². The monoisotopic (exact) mass is 661 g/mol. The van der Waals surface area contributed by atoms with Crippen molar-refractivity contribution in [3.63, 3.8) is 0 Å². The number of rotatable bonds is 4. The maximum absolute atomic E-state index is 6.63. The van der Waals surface area contributed by atoms with Gasteiger partial charge in [0.15, 0.2) is 5.84 Å². The van der Waals surface area contributed by atoms with Crippen molar-refractivity contribution in [3.05, 3.63) is 174 Å². The maximum atomic E-state index is 6.63. The van der Waals surface area contributed by atoms with E-state index in [4.69, 9.17) is 19.7 Å². The molecule has 10 rings (SSSR count). The molecule has 5 atom stereocenters. The van der Waals surface area contributed by atoms with E-state index in [0.29, 0.717) is 17.7 Å². The summed E-state index contributed by atoms with van der Waals surface area (Å²) >= 11 is 0. The molecule has 0 bridgehead atoms. The van der Waals surface area contributed by atoms with Gasteiger partial charge in [0.05, 0.1) is 5.71 Å². The van der Waals surface area contributed by atoms with Gasteiger partial charge < -0.3 is 14.7 Å². The topological polar surface area (TPSA) is 77.0 Å². The molecule has 246 valence electrons. The third kappa shape index (κ3) is 4.91. The molecule has 0 aliphatic heterocycles. The number of fused-ring (bicyclic) bond motifs is 9. The number of aliphatic imine (C=N–C) groups is 1. The molecule has 5 aromatic rings. The van der Waals surface area contributed by atoms with E-state index in [9.17, 15) is 0 Å². The van der Waals surface area contributed by atoms with Gasteiger partial charge in [0, 0.05) is 56.9 Å². The van der Waals surface area contributed by atoms with Crippen molar-refractivity contribution in [3.8, 4) is 11.1 Å². The predicted molar refractivity (Wildman–Crippen MR) is 210 cm³/mol. The molecule has 5 aliphatic rings. The quantitative estimate of drug-likeness (QED) is 0.0901. The Morgan fingerprint density at radius 3 is 2.33 bits per heavy atom. The smallest absolute Gasteiger partial charge is 0.179 e. The van der Waals surface area contributed by atoms with Crippen LogP contribution >= 0.6 is 0 Å². The van der Waals surface area contributed by atoms with E-state index < -0.39 is 0 Å². The van der Waals surface area contributed by atoms with Gasteiger partial charge in [0.25, 0.3) is 0 Å². The first-order chi connectivity index (χ1) is 25.2. The largest absolute Gasteiger partial charge is 0.460 e. The molecule has 5 nitrogen and oxygen atoms in total. The minimum atomic E-state index is 0.0919. The molecule has 0 spiro atoms. The van der Waals surface area contributed by atoms with Crippen LogP contribution < -0.4 is 5.84 Å². The fourth-order valence-corrected chi connectivity index (χ4v) is 8.36. The van der Waals surface area contributed by atoms with Gasteiger partial charge in [-0.2, -0.15) is 5.10 Å². The Morgan fingerprint density at radius 2 is 1.47 bits per heavy atom. The third-order valence-electron chi connectivity index (χ3n) is 10.9. The highest BCUT2D eigenvalue weighted by Crippen LogP contribution is 2.45. The molecule has 5 heteroatoms. The van der Waals surface area contributed by atoms with E-state index in [0.717, 1.165) is 73.1 Å². The van der Waals surface area contributed by atoms with Gasteiger partial charge in [-0.25, -0.2) is 4.99 Å². The SMILES string of the molecule is N/N=C(\N=C(C1=CC2C=CC=CC2C=C1)C1C=CC=CC1)c1cccc2oc3cccc(-c4ccc5c6c(oc5c4)C4C=CC=CC4C=C6)c3c12. The fourth-order valence-electron chi connectivity index (χ4n) is 8.36. The van der Waals surface area contributed by atoms with E-state index in [-0.39, 0.29) is 17.8 Å². The second-order valence-electron chi connectivity index (χ2n) is 13.8. The fraction of sp³-hybridized carbons (Fsp3) is 0.130. The van der Waals surface area contributed by atoms with Crippen LogP contribution in [0.1, 0.15) is 29.2 Å². The first-order valence-corrected chi connectivity index (χ1v) is 17.7. The Kier molecular flexibility index (Phi) is 6.98. The number of benzene rings is 3. The molecule has 3 aromatic carbocycles. The summed E-state index contributed by atoms with van der Waals surface area (Å²) < 4.78 is 13.1. The van der Waals surface area contributed by atoms with Crippen molar-refractivity contribution < 1.29 is 8.83 Å². The number of hydrazone groups is 1. The average Bonchev–Trinajstić information content (AvgIpc) is 3.77. The van der Waals surface area contributed by atoms with Gasteiger partial charge in [0.1, 0.15) is 22.5 Å². The first-order valence-electron chi connectivity index (χ1n) is 17.7. The number of hydrogen-bond acceptors (Lipinski definition) is 4. The molecule has 0 amide bonds. The van der Waals surface area contributed by atoms with E-state index in [1.165, 1.54) is 5.56 Å². The summed E-state index contributed by atoms with van der Waals surface area (Å²) in [5, 5.41) is 7.41. The zero-order chi connectivity index (χ0) is 33.9. The zero-order valence-corrected chi connectivity index (χ0v) is 27.9. The molecule has 2 aromatic heterocycles. The second-order valence-corrected chi connectivity index (χ2v) is 13.8. The predicted octanol–water partition coefficient (Wildman–Crippen LogP) is 10.9. The van der Waals surface area contributed by atoms with Gasteiger partial charge in [-0.15, -0.1) is 0 Å². The van der Waals surface area contributed by atoms with Gasteiger partial charge in [-0.3, -0.25) is 0 Å². The number of amidine groups is 1. The van der Waals surface area contributed by atoms with Gasteiger partial charge in [-0.1, -0.05) is 134 Å². The Bertz CT molecular complexity index is 2610. The van der Waals surface area contributed by atoms with E-state index in [1.807, 2.05) is 30.3 Å². The molecule has 2 heterocycles. The summed E-state index contributed by atoms with van der Waals surface area (Å²) in [5.74, 6) is 9.03. The lowest BCUT2D eigenvalue weighted by Crippen LogP contribution is -2.22. The van der Waals surface area contributed by atoms with Gasteiger partial charge in [0.2, 0.25) is 0 Å². The normalized spacial score (nSPS) is 24.8. The summed E-state index contributed by atoms with van der Waals surface area (Å²) in [6, 6.07) is 18.8. The lowest BCUT2D eigenvalue weighted by Gasteiger charge is -2.26. The van der Waals surface area contributed by atoms with Crippen LogP contribution in [0.2, 0.25) is 0 Å². The van der Waals surface area contributed by atoms with Crippen LogP contribution in [0.15, 0.2) is 176 Å². The van der Waals surface area contributed by atoms with Gasteiger partial charge in [-0.05, 0) is 47.4 Å². The van der Waals surface area contributed by atoms with Crippen LogP contribution in [-0.2, 0) is 0 Å². The number of hydrogen-bond donors (Lipinski definition) is 1. The van der Waals surface area contributed by atoms with Crippen LogP contribution in [0.3, 0.4) is 0 Å². The highest BCUT2D eigenvalue weighted by atomic mass is 16.3. The van der Waals surface area contributed by atoms with Crippen LogP contribution in [0.25, 0.3) is 50.1 Å². The summed E-state index contributed by atoms with van der Waals surface area (Å²) in [7, 11) is 0. The van der Waals surface area contributed by atoms with Crippen LogP contribution in [0, 0.1) is 23.7 Å². The minimum absolute atomic E-state index is 0.0919. The van der Waals surface area contributed by atoms with Crippen molar-refractivity contribution in [1.29, 1.82) is 0 Å². The van der Waals surface area contributed by atoms with Crippen LogP contribution in [0.5, 0.6) is 0 Å². The molecular formula is C46H35N3O2. The summed E-state index contributed by atoms with van der Waals surface area (Å²) in [4.78, 5) is 5.32. The lowest BCUT2D eigenvalue weighted by molar-refractivity contribution is 0.492. The molecule has 0 fully saturated rings. The Labute approximate surface area is 295 Å². The van der Waals surface area contributed by atoms with Gasteiger partial charge >= 0.3 is 0 Å². The van der Waals surface area contributed by atoms with E-state index in [1.54, 1.807) is 0 Å². The van der Waals surface area contributed by atoms with E-state index in [2.05, 4.69) is 133 Å². The lowest BCUT2D eigenvalue weighted by atomic mass is 9.79. The molecule has 5 aliphatic carbocycles. The Hall–Kier alpha value is -6.20. The Balaban J connectivity index is 1.11. The molecule has 0 saturated heterocycles. The van der Waals surface area contributed by atoms with E-state index >= 15 is 0 Å². The van der Waals surface area contributed by atoms with Crippen molar-refractivity contribution in [2.24, 2.45) is 39.6 Å². The minimum Gasteiger partial charge on any atom is -0.460 e. The summed E-state index contributed by atoms with van der Waals surface area (Å²) in [6.45, 7) is 0. The second kappa shape index (κ2) is 12.0. The average molecular weight is 662 g/mol. The molecule has 5 unspecified atom stereocenters. The highest BCUT2D eigenvalue weighted by molar-refractivity contribution is 6.24. The maximum Gasteiger partial charge on any atom is 0.179 e. The van der Waals surface area contributed by atoms with Crippen molar-refractivity contribution >= 4 is 50.5 Å². The number of allylic oxidation sites excluding steroid dienone is 17. The van der Waals surface area contributed by atoms with Crippen LogP contribution in [-0.4, -0.2) is 11.5 Å². The zero-order valence-electron chi connectivity index (χ0n) is 27.9. The first kappa shape index (κ1) is 29.7. The van der Waals surface area contributed by atoms with Crippen molar-refractivity contribution in [2.45, 2.75) is 12.3 Å². The highest BCUT2D eigenvalue weighted by Gasteiger charge is 2.30. The molecule has 51 heavy (non-hydrogen) atoms. The molecular weight excluding hydrogens is 627 g/mol. The molecule has 0 radical (unpaired) electrons. The number of furan rings is 2. The number of nitrogens with zero attached hydrogens (tertiary/aromatic N) is 2. The Morgan fingerprint density at radius 1 is 0.686 bits per heavy atom. The summed E-state index contributed by atoms with van der Waals surface area (Å²) in [5.41, 5.74) is 8.58. The molecule has 2 N–H and O–H groups in total. The third-order valence-corrected chi connectivity index (χ3v) is 10.9. The van der Waals surface area contributed by atoms with Crippen molar-refractivity contribution in [1.82, 2.24) is 0 Å². The summed E-state index contributed by atoms with van der Waals surface area (Å²) in [6.07, 6.45) is 38.2. The van der Waals surface area contributed by atoms with Crippen molar-refractivity contribution in [2.75, 3.05) is 0 Å².